The van der Waals surface area contributed by atoms with Gasteiger partial charge in [0.1, 0.15) is 0 Å². The molecule has 0 saturated carbocycles. The highest BCUT2D eigenvalue weighted by molar-refractivity contribution is 5.70. The highest BCUT2D eigenvalue weighted by atomic mass is 16.4. The summed E-state index contributed by atoms with van der Waals surface area (Å²) in [4.78, 5) is 14.3. The molecule has 0 spiro atoms. The van der Waals surface area contributed by atoms with Crippen molar-refractivity contribution in [2.45, 2.75) is 32.5 Å². The smallest absolute Gasteiger partial charge is 0.308 e. The van der Waals surface area contributed by atoms with Crippen LogP contribution in [-0.4, -0.2) is 16.0 Å². The zero-order chi connectivity index (χ0) is 19.9. The largest absolute Gasteiger partial charge is 0.481 e. The van der Waals surface area contributed by atoms with E-state index >= 15 is 0 Å². The van der Waals surface area contributed by atoms with Gasteiger partial charge in [-0.2, -0.15) is 0 Å². The molecule has 1 N–H and O–H groups in total. The van der Waals surface area contributed by atoms with Crippen LogP contribution >= 0.6 is 0 Å². The second-order valence-electron chi connectivity index (χ2n) is 7.23. The first-order chi connectivity index (χ1) is 13.6. The first-order valence-corrected chi connectivity index (χ1v) is 9.70. The molecular weight excluding hydrogens is 346 g/mol. The second-order valence-corrected chi connectivity index (χ2v) is 7.23. The summed E-state index contributed by atoms with van der Waals surface area (Å²) in [6, 6.07) is 30.3. The fraction of sp³-hybridized carbons (Fsp3) is 0.240. The number of hydrogen-bond acceptors (Lipinski definition) is 2. The maximum Gasteiger partial charge on any atom is 0.308 e. The predicted octanol–water partition coefficient (Wildman–Crippen LogP) is 5.71. The van der Waals surface area contributed by atoms with Gasteiger partial charge in [-0.3, -0.25) is 9.69 Å². The number of nitrogens with zero attached hydrogens (tertiary/aromatic N) is 1. The van der Waals surface area contributed by atoms with Crippen LogP contribution in [-0.2, 0) is 11.3 Å². The van der Waals surface area contributed by atoms with Crippen LogP contribution in [0.25, 0.3) is 0 Å². The van der Waals surface area contributed by atoms with E-state index in [2.05, 4.69) is 36.1 Å². The van der Waals surface area contributed by atoms with E-state index in [0.29, 0.717) is 6.54 Å². The zero-order valence-electron chi connectivity index (χ0n) is 16.4. The molecule has 0 saturated heterocycles. The molecule has 0 heterocycles. The minimum Gasteiger partial charge on any atom is -0.481 e. The average molecular weight is 373 g/mol. The lowest BCUT2D eigenvalue weighted by atomic mass is 9.90. The van der Waals surface area contributed by atoms with Gasteiger partial charge in [0.05, 0.1) is 5.92 Å². The summed E-state index contributed by atoms with van der Waals surface area (Å²) in [7, 11) is 0. The molecule has 0 aliphatic rings. The molecule has 0 aliphatic carbocycles. The molecular formula is C25H27NO2. The van der Waals surface area contributed by atoms with Crippen molar-refractivity contribution in [1.82, 2.24) is 4.90 Å². The molecule has 3 rings (SSSR count). The van der Waals surface area contributed by atoms with Gasteiger partial charge >= 0.3 is 5.97 Å². The van der Waals surface area contributed by atoms with Crippen molar-refractivity contribution in [2.75, 3.05) is 0 Å². The van der Waals surface area contributed by atoms with E-state index < -0.39 is 11.9 Å². The topological polar surface area (TPSA) is 40.5 Å². The summed E-state index contributed by atoms with van der Waals surface area (Å²) >= 11 is 0. The van der Waals surface area contributed by atoms with Crippen LogP contribution in [0.15, 0.2) is 91.0 Å². The van der Waals surface area contributed by atoms with Crippen LogP contribution in [0.1, 0.15) is 42.6 Å². The van der Waals surface area contributed by atoms with Crippen molar-refractivity contribution < 1.29 is 9.90 Å². The first-order valence-electron chi connectivity index (χ1n) is 9.70. The van der Waals surface area contributed by atoms with Gasteiger partial charge in [-0.1, -0.05) is 97.9 Å². The molecule has 3 aromatic rings. The molecule has 0 aromatic heterocycles. The van der Waals surface area contributed by atoms with E-state index in [1.54, 1.807) is 6.92 Å². The van der Waals surface area contributed by atoms with E-state index in [1.165, 1.54) is 11.1 Å². The van der Waals surface area contributed by atoms with Crippen molar-refractivity contribution in [3.05, 3.63) is 108 Å². The van der Waals surface area contributed by atoms with Gasteiger partial charge in [0, 0.05) is 18.6 Å². The number of benzene rings is 3. The Morgan fingerprint density at radius 3 is 1.75 bits per heavy atom. The molecule has 28 heavy (non-hydrogen) atoms. The molecule has 3 atom stereocenters. The Balaban J connectivity index is 2.06. The fourth-order valence-electron chi connectivity index (χ4n) is 3.75. The number of carbonyl (C=O) groups is 1. The minimum absolute atomic E-state index is 0.0633. The molecule has 0 fully saturated rings. The van der Waals surface area contributed by atoms with E-state index in [-0.39, 0.29) is 12.1 Å². The number of aliphatic carboxylic acids is 1. The maximum atomic E-state index is 12.0. The third-order valence-corrected chi connectivity index (χ3v) is 5.35. The number of hydrogen-bond donors (Lipinski definition) is 1. The third-order valence-electron chi connectivity index (χ3n) is 5.35. The van der Waals surface area contributed by atoms with Crippen LogP contribution in [0.2, 0.25) is 0 Å². The Morgan fingerprint density at radius 2 is 1.25 bits per heavy atom. The number of rotatable bonds is 8. The molecule has 3 unspecified atom stereocenters. The summed E-state index contributed by atoms with van der Waals surface area (Å²) in [5, 5.41) is 9.85. The summed E-state index contributed by atoms with van der Waals surface area (Å²) in [5.41, 5.74) is 3.37. The van der Waals surface area contributed by atoms with Crippen molar-refractivity contribution in [1.29, 1.82) is 0 Å². The van der Waals surface area contributed by atoms with E-state index in [9.17, 15) is 9.90 Å². The van der Waals surface area contributed by atoms with Gasteiger partial charge in [0.2, 0.25) is 0 Å². The van der Waals surface area contributed by atoms with Crippen LogP contribution in [0, 0.1) is 5.92 Å². The van der Waals surface area contributed by atoms with Crippen molar-refractivity contribution in [2.24, 2.45) is 5.92 Å². The van der Waals surface area contributed by atoms with Crippen LogP contribution in [0.4, 0.5) is 0 Å². The predicted molar refractivity (Wildman–Crippen MR) is 113 cm³/mol. The normalized spacial score (nSPS) is 14.4. The van der Waals surface area contributed by atoms with Gasteiger partial charge in [-0.25, -0.2) is 0 Å². The van der Waals surface area contributed by atoms with Crippen molar-refractivity contribution in [3.8, 4) is 0 Å². The molecule has 3 nitrogen and oxygen atoms in total. The van der Waals surface area contributed by atoms with Gasteiger partial charge in [0.15, 0.2) is 0 Å². The summed E-state index contributed by atoms with van der Waals surface area (Å²) in [6.07, 6.45) is 0. The quantitative estimate of drug-likeness (QED) is 0.550. The van der Waals surface area contributed by atoms with Crippen molar-refractivity contribution >= 4 is 5.97 Å². The van der Waals surface area contributed by atoms with Gasteiger partial charge in [-0.05, 0) is 23.6 Å². The molecule has 0 bridgehead atoms. The number of carboxylic acid groups (broad SMARTS) is 1. The summed E-state index contributed by atoms with van der Waals surface area (Å²) in [5.74, 6) is -1.33. The van der Waals surface area contributed by atoms with Gasteiger partial charge in [0.25, 0.3) is 0 Å². The van der Waals surface area contributed by atoms with Crippen LogP contribution in [0.3, 0.4) is 0 Å². The van der Waals surface area contributed by atoms with Gasteiger partial charge in [-0.15, -0.1) is 0 Å². The van der Waals surface area contributed by atoms with Crippen LogP contribution in [0.5, 0.6) is 0 Å². The van der Waals surface area contributed by atoms with E-state index in [4.69, 9.17) is 0 Å². The second kappa shape index (κ2) is 9.34. The first kappa shape index (κ1) is 19.8. The lowest BCUT2D eigenvalue weighted by Crippen LogP contribution is -2.37. The minimum atomic E-state index is -0.785. The molecule has 144 valence electrons. The van der Waals surface area contributed by atoms with E-state index in [0.717, 1.165) is 5.56 Å². The summed E-state index contributed by atoms with van der Waals surface area (Å²) < 4.78 is 0. The molecule has 3 aromatic carbocycles. The Hall–Kier alpha value is -2.91. The SMILES string of the molecule is CC(C(=O)O)C(c1ccccc1)N(Cc1ccccc1)C(C)c1ccccc1. The standard InChI is InChI=1S/C25H27NO2/c1-19(25(27)28)24(23-16-10-5-11-17-23)26(18-21-12-6-3-7-13-21)20(2)22-14-8-4-9-15-22/h3-17,19-20,24H,18H2,1-2H3,(H,27,28). The highest BCUT2D eigenvalue weighted by Gasteiger charge is 2.33. The molecule has 0 amide bonds. The van der Waals surface area contributed by atoms with Crippen LogP contribution < -0.4 is 0 Å². The Labute approximate surface area is 167 Å². The maximum absolute atomic E-state index is 12.0. The molecule has 3 heteroatoms. The van der Waals surface area contributed by atoms with Crippen molar-refractivity contribution in [3.63, 3.8) is 0 Å². The lowest BCUT2D eigenvalue weighted by Gasteiger charge is -2.39. The highest BCUT2D eigenvalue weighted by Crippen LogP contribution is 2.37. The molecule has 0 aliphatic heterocycles. The van der Waals surface area contributed by atoms with Gasteiger partial charge < -0.3 is 5.11 Å². The monoisotopic (exact) mass is 373 g/mol. The Bertz CT molecular complexity index is 865. The molecule has 0 radical (unpaired) electrons. The average Bonchev–Trinajstić information content (AvgIpc) is 2.74. The fourth-order valence-corrected chi connectivity index (χ4v) is 3.75. The number of carboxylic acids is 1. The Kier molecular flexibility index (Phi) is 6.62. The zero-order valence-corrected chi connectivity index (χ0v) is 16.4. The lowest BCUT2D eigenvalue weighted by molar-refractivity contribution is -0.144. The third kappa shape index (κ3) is 4.68. The Morgan fingerprint density at radius 1 is 0.786 bits per heavy atom. The van der Waals surface area contributed by atoms with E-state index in [1.807, 2.05) is 66.7 Å². The summed E-state index contributed by atoms with van der Waals surface area (Å²) in [6.45, 7) is 4.63.